The van der Waals surface area contributed by atoms with Crippen LogP contribution in [0.4, 0.5) is 8.78 Å². The minimum Gasteiger partial charge on any atom is -0.491 e. The average Bonchev–Trinajstić information content (AvgIpc) is 2.50. The van der Waals surface area contributed by atoms with Crippen LogP contribution in [-0.4, -0.2) is 31.3 Å². The van der Waals surface area contributed by atoms with Crippen molar-refractivity contribution >= 4 is 0 Å². The summed E-state index contributed by atoms with van der Waals surface area (Å²) < 4.78 is 36.9. The van der Waals surface area contributed by atoms with Crippen LogP contribution in [0.5, 0.6) is 5.75 Å². The summed E-state index contributed by atoms with van der Waals surface area (Å²) >= 11 is 0. The van der Waals surface area contributed by atoms with Gasteiger partial charge in [-0.3, -0.25) is 4.79 Å². The molecule has 0 aliphatic rings. The third kappa shape index (κ3) is 5.47. The number of pyridine rings is 1. The van der Waals surface area contributed by atoms with Crippen LogP contribution >= 0.6 is 0 Å². The smallest absolute Gasteiger partial charge is 0.256 e. The molecule has 0 N–H and O–H groups in total. The number of hydrogen-bond acceptors (Lipinski definition) is 3. The molecule has 1 heterocycles. The molecule has 0 spiro atoms. The molecule has 2 aromatic rings. The summed E-state index contributed by atoms with van der Waals surface area (Å²) in [4.78, 5) is 11.9. The standard InChI is InChI=1S/C17H18F2NO3.Y/c1-12-10-13(23-9-8-22-2)6-7-14(12)15-4-3-5-17(21)20(15)11-16(18)19;/h3,5-7,10,16H,8-9,11H2,1-2H3;/q-1;. The average molecular weight is 411 g/mol. The molecule has 24 heavy (non-hydrogen) atoms. The Hall–Kier alpha value is -1.11. The number of aryl methyl sites for hydroxylation is 1. The predicted octanol–water partition coefficient (Wildman–Crippen LogP) is 2.91. The molecule has 0 fully saturated rings. The van der Waals surface area contributed by atoms with E-state index in [1.165, 1.54) is 12.1 Å². The zero-order valence-electron chi connectivity index (χ0n) is 13.6. The van der Waals surface area contributed by atoms with Crippen LogP contribution in [0.15, 0.2) is 35.1 Å². The molecule has 1 radical (unpaired) electrons. The van der Waals surface area contributed by atoms with Crippen LogP contribution in [0.2, 0.25) is 0 Å². The zero-order valence-corrected chi connectivity index (χ0v) is 16.4. The molecule has 0 amide bonds. The van der Waals surface area contributed by atoms with Gasteiger partial charge in [0.25, 0.3) is 6.43 Å². The molecular weight excluding hydrogens is 393 g/mol. The molecule has 0 bridgehead atoms. The number of alkyl halides is 2. The van der Waals surface area contributed by atoms with Gasteiger partial charge in [-0.05, 0) is 12.1 Å². The molecule has 1 aromatic heterocycles. The largest absolute Gasteiger partial charge is 0.491 e. The molecular formula is C17H18F2NO3Y-. The van der Waals surface area contributed by atoms with Crippen molar-refractivity contribution in [2.75, 3.05) is 20.3 Å². The van der Waals surface area contributed by atoms with Crippen molar-refractivity contribution in [3.05, 3.63) is 52.3 Å². The van der Waals surface area contributed by atoms with Gasteiger partial charge in [-0.15, -0.1) is 6.07 Å². The van der Waals surface area contributed by atoms with Crippen LogP contribution in [0, 0.1) is 13.0 Å². The number of ether oxygens (including phenoxy) is 2. The van der Waals surface area contributed by atoms with E-state index in [1.54, 1.807) is 25.3 Å². The van der Waals surface area contributed by atoms with Crippen LogP contribution in [-0.2, 0) is 44.0 Å². The Labute approximate surface area is 164 Å². The van der Waals surface area contributed by atoms with E-state index in [4.69, 9.17) is 9.47 Å². The number of methoxy groups -OCH3 is 1. The van der Waals surface area contributed by atoms with Gasteiger partial charge in [0.2, 0.25) is 0 Å². The third-order valence-electron chi connectivity index (χ3n) is 3.31. The zero-order chi connectivity index (χ0) is 16.8. The first kappa shape index (κ1) is 20.9. The summed E-state index contributed by atoms with van der Waals surface area (Å²) in [6.07, 6.45) is -2.61. The van der Waals surface area contributed by atoms with E-state index in [0.717, 1.165) is 10.1 Å². The maximum absolute atomic E-state index is 12.7. The number of halogens is 2. The summed E-state index contributed by atoms with van der Waals surface area (Å²) in [6.45, 7) is 2.07. The maximum Gasteiger partial charge on any atom is 0.256 e. The fourth-order valence-corrected chi connectivity index (χ4v) is 2.25. The molecule has 0 aliphatic carbocycles. The first-order valence-electron chi connectivity index (χ1n) is 7.15. The van der Waals surface area contributed by atoms with E-state index in [1.807, 2.05) is 6.92 Å². The normalized spacial score (nSPS) is 10.5. The maximum atomic E-state index is 12.7. The molecule has 0 atom stereocenters. The summed E-state index contributed by atoms with van der Waals surface area (Å²) in [7, 11) is 1.59. The number of hydrogen-bond donors (Lipinski definition) is 0. The minimum absolute atomic E-state index is 0. The topological polar surface area (TPSA) is 40.5 Å². The molecule has 0 unspecified atom stereocenters. The molecule has 0 aliphatic heterocycles. The van der Waals surface area contributed by atoms with Gasteiger partial charge in [0.1, 0.15) is 12.4 Å². The third-order valence-corrected chi connectivity index (χ3v) is 3.31. The Bertz CT molecular complexity index is 719. The summed E-state index contributed by atoms with van der Waals surface area (Å²) in [5.41, 5.74) is 1.35. The van der Waals surface area contributed by atoms with Gasteiger partial charge >= 0.3 is 0 Å². The van der Waals surface area contributed by atoms with Gasteiger partial charge in [-0.1, -0.05) is 29.8 Å². The fraction of sp³-hybridized carbons (Fsp3) is 0.353. The monoisotopic (exact) mass is 411 g/mol. The Balaban J connectivity index is 0.00000288. The quantitative estimate of drug-likeness (QED) is 0.520. The van der Waals surface area contributed by atoms with E-state index < -0.39 is 18.5 Å². The van der Waals surface area contributed by atoms with Crippen LogP contribution in [0.25, 0.3) is 11.3 Å². The van der Waals surface area contributed by atoms with Gasteiger partial charge < -0.3 is 14.0 Å². The minimum atomic E-state index is -2.61. The number of benzene rings is 1. The first-order chi connectivity index (χ1) is 11.0. The fourth-order valence-electron chi connectivity index (χ4n) is 2.25. The molecule has 4 nitrogen and oxygen atoms in total. The van der Waals surface area contributed by atoms with Crippen molar-refractivity contribution in [3.8, 4) is 17.0 Å². The number of aromatic nitrogens is 1. The number of nitrogens with zero attached hydrogens (tertiary/aromatic N) is 1. The van der Waals surface area contributed by atoms with Crippen molar-refractivity contribution in [3.63, 3.8) is 0 Å². The van der Waals surface area contributed by atoms with E-state index in [0.29, 0.717) is 30.2 Å². The van der Waals surface area contributed by atoms with E-state index in [9.17, 15) is 13.6 Å². The molecule has 7 heteroatoms. The second-order valence-corrected chi connectivity index (χ2v) is 4.98. The molecule has 0 saturated carbocycles. The van der Waals surface area contributed by atoms with Gasteiger partial charge in [0, 0.05) is 39.8 Å². The first-order valence-corrected chi connectivity index (χ1v) is 7.15. The van der Waals surface area contributed by atoms with Crippen LogP contribution in [0.1, 0.15) is 5.56 Å². The van der Waals surface area contributed by atoms with Crippen molar-refractivity contribution in [1.29, 1.82) is 0 Å². The van der Waals surface area contributed by atoms with Crippen molar-refractivity contribution in [2.24, 2.45) is 0 Å². The summed E-state index contributed by atoms with van der Waals surface area (Å²) in [5, 5.41) is 0. The van der Waals surface area contributed by atoms with Gasteiger partial charge in [0.15, 0.2) is 5.56 Å². The van der Waals surface area contributed by atoms with Gasteiger partial charge in [-0.2, -0.15) is 12.1 Å². The second kappa shape index (κ2) is 10.0. The number of rotatable bonds is 7. The SMILES string of the molecule is COCCOc1ccc(-c2[c-]ccc(=O)n2CC(F)F)c(C)c1.[Y]. The molecule has 0 saturated heterocycles. The van der Waals surface area contributed by atoms with Crippen molar-refractivity contribution < 1.29 is 51.0 Å². The van der Waals surface area contributed by atoms with Crippen molar-refractivity contribution in [2.45, 2.75) is 19.9 Å². The second-order valence-electron chi connectivity index (χ2n) is 4.98. The van der Waals surface area contributed by atoms with E-state index in [-0.39, 0.29) is 32.7 Å². The molecule has 2 rings (SSSR count). The van der Waals surface area contributed by atoms with Gasteiger partial charge in [-0.25, -0.2) is 8.78 Å². The Morgan fingerprint density at radius 3 is 2.62 bits per heavy atom. The molecule has 127 valence electrons. The Morgan fingerprint density at radius 1 is 1.25 bits per heavy atom. The van der Waals surface area contributed by atoms with Crippen LogP contribution < -0.4 is 10.3 Å². The van der Waals surface area contributed by atoms with Crippen LogP contribution in [0.3, 0.4) is 0 Å². The Kier molecular flexibility index (Phi) is 8.74. The summed E-state index contributed by atoms with van der Waals surface area (Å²) in [5.74, 6) is 0.655. The molecule has 1 aromatic carbocycles. The Morgan fingerprint density at radius 2 is 2.00 bits per heavy atom. The van der Waals surface area contributed by atoms with E-state index in [2.05, 4.69) is 6.07 Å². The van der Waals surface area contributed by atoms with E-state index >= 15 is 0 Å². The van der Waals surface area contributed by atoms with Gasteiger partial charge in [0.05, 0.1) is 13.2 Å². The van der Waals surface area contributed by atoms with Crippen molar-refractivity contribution in [1.82, 2.24) is 4.57 Å². The summed E-state index contributed by atoms with van der Waals surface area (Å²) in [6, 6.07) is 10.8. The predicted molar refractivity (Wildman–Crippen MR) is 83.1 cm³/mol.